The van der Waals surface area contributed by atoms with Crippen molar-refractivity contribution in [2.45, 2.75) is 0 Å². The minimum Gasteiger partial charge on any atom is -0.366 e. The van der Waals surface area contributed by atoms with Crippen LogP contribution >= 0.6 is 11.3 Å². The molecule has 1 aromatic heterocycles. The van der Waals surface area contributed by atoms with Crippen LogP contribution in [0.15, 0.2) is 53.9 Å². The third-order valence-corrected chi connectivity index (χ3v) is 4.15. The van der Waals surface area contributed by atoms with E-state index in [4.69, 9.17) is 5.73 Å². The van der Waals surface area contributed by atoms with Gasteiger partial charge in [-0.2, -0.15) is 0 Å². The number of primary amides is 1. The van der Waals surface area contributed by atoms with Gasteiger partial charge in [0, 0.05) is 17.0 Å². The molecule has 6 nitrogen and oxygen atoms in total. The van der Waals surface area contributed by atoms with E-state index in [9.17, 15) is 14.9 Å². The quantitative estimate of drug-likeness (QED) is 0.586. The Hall–Kier alpha value is -3.06. The number of carbonyl (C=O) groups is 1. The molecule has 2 aromatic carbocycles. The number of hydrogen-bond acceptors (Lipinski definition) is 5. The van der Waals surface area contributed by atoms with Gasteiger partial charge in [-0.1, -0.05) is 36.4 Å². The molecular formula is C16H11N3O3S. The third-order valence-electron chi connectivity index (χ3n) is 3.29. The van der Waals surface area contributed by atoms with Crippen LogP contribution in [0, 0.1) is 10.1 Å². The van der Waals surface area contributed by atoms with E-state index < -0.39 is 10.8 Å². The molecule has 0 fully saturated rings. The fraction of sp³-hybridized carbons (Fsp3) is 0. The molecule has 1 heterocycles. The smallest absolute Gasteiger partial charge is 0.280 e. The van der Waals surface area contributed by atoms with E-state index in [0.717, 1.165) is 5.56 Å². The number of aromatic nitrogens is 1. The lowest BCUT2D eigenvalue weighted by Crippen LogP contribution is -2.13. The van der Waals surface area contributed by atoms with Gasteiger partial charge in [0.1, 0.15) is 10.6 Å². The van der Waals surface area contributed by atoms with E-state index in [1.807, 2.05) is 30.3 Å². The van der Waals surface area contributed by atoms with Gasteiger partial charge in [0.2, 0.25) is 5.91 Å². The third kappa shape index (κ3) is 2.82. The molecule has 23 heavy (non-hydrogen) atoms. The SMILES string of the molecule is NC(=O)c1cccc([N+](=O)[O-])c1-c1nc(-c2ccccc2)cs1. The lowest BCUT2D eigenvalue weighted by Gasteiger charge is -2.04. The molecule has 0 unspecified atom stereocenters. The Labute approximate surface area is 135 Å². The average molecular weight is 325 g/mol. The highest BCUT2D eigenvalue weighted by Gasteiger charge is 2.24. The fourth-order valence-corrected chi connectivity index (χ4v) is 3.15. The van der Waals surface area contributed by atoms with Crippen molar-refractivity contribution >= 4 is 22.9 Å². The second kappa shape index (κ2) is 5.98. The zero-order valence-electron chi connectivity index (χ0n) is 11.8. The van der Waals surface area contributed by atoms with Crippen LogP contribution in [0.2, 0.25) is 0 Å². The zero-order valence-corrected chi connectivity index (χ0v) is 12.6. The van der Waals surface area contributed by atoms with Gasteiger partial charge >= 0.3 is 0 Å². The summed E-state index contributed by atoms with van der Waals surface area (Å²) in [5.74, 6) is -0.722. The first-order chi connectivity index (χ1) is 11.1. The predicted octanol–water partition coefficient (Wildman–Crippen LogP) is 3.48. The molecule has 7 heteroatoms. The van der Waals surface area contributed by atoms with Gasteiger partial charge in [0.15, 0.2) is 0 Å². The highest BCUT2D eigenvalue weighted by Crippen LogP contribution is 2.36. The lowest BCUT2D eigenvalue weighted by atomic mass is 10.1. The van der Waals surface area contributed by atoms with Crippen molar-refractivity contribution in [1.82, 2.24) is 4.98 Å². The second-order valence-corrected chi connectivity index (χ2v) is 5.58. The number of nitrogens with two attached hydrogens (primary N) is 1. The van der Waals surface area contributed by atoms with Gasteiger partial charge in [0.25, 0.3) is 5.69 Å². The Kier molecular flexibility index (Phi) is 3.86. The summed E-state index contributed by atoms with van der Waals surface area (Å²) in [4.78, 5) is 26.8. The van der Waals surface area contributed by atoms with Crippen molar-refractivity contribution < 1.29 is 9.72 Å². The summed E-state index contributed by atoms with van der Waals surface area (Å²) in [5.41, 5.74) is 7.02. The molecule has 0 bridgehead atoms. The van der Waals surface area contributed by atoms with Gasteiger partial charge in [-0.3, -0.25) is 14.9 Å². The molecule has 3 rings (SSSR count). The van der Waals surface area contributed by atoms with Crippen LogP contribution < -0.4 is 5.73 Å². The minimum absolute atomic E-state index is 0.0909. The molecule has 3 aromatic rings. The summed E-state index contributed by atoms with van der Waals surface area (Å²) < 4.78 is 0. The van der Waals surface area contributed by atoms with Crippen molar-refractivity contribution in [3.63, 3.8) is 0 Å². The standard InChI is InChI=1S/C16H11N3O3S/c17-15(20)11-7-4-8-13(19(21)22)14(11)16-18-12(9-23-16)10-5-2-1-3-6-10/h1-9H,(H2,17,20). The van der Waals surface area contributed by atoms with Gasteiger partial charge in [-0.15, -0.1) is 11.3 Å². The van der Waals surface area contributed by atoms with Crippen molar-refractivity contribution in [3.05, 3.63) is 69.6 Å². The summed E-state index contributed by atoms with van der Waals surface area (Å²) in [6.45, 7) is 0. The van der Waals surface area contributed by atoms with Crippen LogP contribution in [0.5, 0.6) is 0 Å². The largest absolute Gasteiger partial charge is 0.366 e. The molecule has 0 aliphatic carbocycles. The maximum absolute atomic E-state index is 11.6. The minimum atomic E-state index is -0.722. The van der Waals surface area contributed by atoms with Crippen LogP contribution in [0.3, 0.4) is 0 Å². The normalized spacial score (nSPS) is 10.4. The molecule has 2 N–H and O–H groups in total. The molecule has 114 valence electrons. The number of rotatable bonds is 4. The molecule has 0 aliphatic heterocycles. The summed E-state index contributed by atoms with van der Waals surface area (Å²) in [5, 5.41) is 13.5. The average Bonchev–Trinajstić information content (AvgIpc) is 3.04. The lowest BCUT2D eigenvalue weighted by molar-refractivity contribution is -0.384. The first-order valence-corrected chi connectivity index (χ1v) is 7.54. The second-order valence-electron chi connectivity index (χ2n) is 4.72. The van der Waals surface area contributed by atoms with E-state index in [0.29, 0.717) is 10.7 Å². The Balaban J connectivity index is 2.17. The van der Waals surface area contributed by atoms with E-state index in [1.165, 1.54) is 29.5 Å². The van der Waals surface area contributed by atoms with Crippen molar-refractivity contribution in [2.24, 2.45) is 5.73 Å². The van der Waals surface area contributed by atoms with Crippen LogP contribution in [-0.4, -0.2) is 15.8 Å². The maximum Gasteiger partial charge on any atom is 0.280 e. The molecule has 1 amide bonds. The molecule has 0 aliphatic rings. The first-order valence-electron chi connectivity index (χ1n) is 6.66. The maximum atomic E-state index is 11.6. The first kappa shape index (κ1) is 14.9. The van der Waals surface area contributed by atoms with E-state index in [2.05, 4.69) is 4.98 Å². The Morgan fingerprint density at radius 2 is 1.87 bits per heavy atom. The number of hydrogen-bond donors (Lipinski definition) is 1. The van der Waals surface area contributed by atoms with Crippen molar-refractivity contribution in [2.75, 3.05) is 0 Å². The van der Waals surface area contributed by atoms with Crippen LogP contribution in [0.1, 0.15) is 10.4 Å². The molecule has 0 saturated carbocycles. The van der Waals surface area contributed by atoms with Crippen molar-refractivity contribution in [1.29, 1.82) is 0 Å². The number of nitrogens with zero attached hydrogens (tertiary/aromatic N) is 2. The summed E-state index contributed by atoms with van der Waals surface area (Å²) in [6, 6.07) is 13.7. The molecule has 0 spiro atoms. The fourth-order valence-electron chi connectivity index (χ4n) is 2.25. The van der Waals surface area contributed by atoms with Gasteiger partial charge in [-0.05, 0) is 6.07 Å². The van der Waals surface area contributed by atoms with E-state index in [1.54, 1.807) is 5.38 Å². The molecule has 0 saturated heterocycles. The summed E-state index contributed by atoms with van der Waals surface area (Å²) in [7, 11) is 0. The van der Waals surface area contributed by atoms with Crippen LogP contribution in [0.25, 0.3) is 21.8 Å². The Bertz CT molecular complexity index is 858. The van der Waals surface area contributed by atoms with Crippen molar-refractivity contribution in [3.8, 4) is 21.8 Å². The predicted molar refractivity (Wildman–Crippen MR) is 88.2 cm³/mol. The van der Waals surface area contributed by atoms with Gasteiger partial charge in [0.05, 0.1) is 16.2 Å². The number of thiazole rings is 1. The summed E-state index contributed by atoms with van der Waals surface area (Å²) in [6.07, 6.45) is 0. The van der Waals surface area contributed by atoms with E-state index in [-0.39, 0.29) is 16.8 Å². The number of benzene rings is 2. The zero-order chi connectivity index (χ0) is 16.4. The monoisotopic (exact) mass is 325 g/mol. The number of nitro groups is 1. The number of nitro benzene ring substituents is 1. The highest BCUT2D eigenvalue weighted by atomic mass is 32.1. The van der Waals surface area contributed by atoms with Crippen LogP contribution in [0.4, 0.5) is 5.69 Å². The Morgan fingerprint density at radius 3 is 2.52 bits per heavy atom. The number of carbonyl (C=O) groups excluding carboxylic acids is 1. The molecule has 0 radical (unpaired) electrons. The summed E-state index contributed by atoms with van der Waals surface area (Å²) >= 11 is 1.24. The molecule has 0 atom stereocenters. The van der Waals surface area contributed by atoms with Crippen LogP contribution in [-0.2, 0) is 0 Å². The van der Waals surface area contributed by atoms with Gasteiger partial charge < -0.3 is 5.73 Å². The van der Waals surface area contributed by atoms with Gasteiger partial charge in [-0.25, -0.2) is 4.98 Å². The van der Waals surface area contributed by atoms with E-state index >= 15 is 0 Å². The Morgan fingerprint density at radius 1 is 1.13 bits per heavy atom. The molecular weight excluding hydrogens is 314 g/mol. The number of amides is 1. The topological polar surface area (TPSA) is 99.1 Å². The highest BCUT2D eigenvalue weighted by molar-refractivity contribution is 7.13.